The summed E-state index contributed by atoms with van der Waals surface area (Å²) in [4.78, 5) is 0. The van der Waals surface area contributed by atoms with Crippen molar-refractivity contribution in [3.05, 3.63) is 71.3 Å². The van der Waals surface area contributed by atoms with Crippen molar-refractivity contribution in [3.63, 3.8) is 0 Å². The first-order valence-corrected chi connectivity index (χ1v) is 7.57. The zero-order valence-corrected chi connectivity index (χ0v) is 12.6. The Balaban J connectivity index is 1.66. The predicted octanol–water partition coefficient (Wildman–Crippen LogP) is 4.15. The van der Waals surface area contributed by atoms with E-state index in [1.807, 2.05) is 0 Å². The summed E-state index contributed by atoms with van der Waals surface area (Å²) in [7, 11) is 0. The molecule has 1 heteroatoms. The zero-order chi connectivity index (χ0) is 14.2. The van der Waals surface area contributed by atoms with Crippen molar-refractivity contribution < 1.29 is 0 Å². The molecule has 0 heterocycles. The van der Waals surface area contributed by atoms with Crippen molar-refractivity contribution in [2.75, 3.05) is 6.54 Å². The van der Waals surface area contributed by atoms with Gasteiger partial charge in [0.05, 0.1) is 0 Å². The van der Waals surface area contributed by atoms with Crippen LogP contribution in [0.15, 0.2) is 54.6 Å². The summed E-state index contributed by atoms with van der Waals surface area (Å²) in [5, 5.41) is 3.62. The third kappa shape index (κ3) is 5.18. The van der Waals surface area contributed by atoms with Gasteiger partial charge < -0.3 is 5.32 Å². The van der Waals surface area contributed by atoms with E-state index in [1.54, 1.807) is 0 Å². The lowest BCUT2D eigenvalue weighted by molar-refractivity contribution is 0.517. The molecule has 106 valence electrons. The highest BCUT2D eigenvalue weighted by atomic mass is 14.9. The molecule has 20 heavy (non-hydrogen) atoms. The first-order chi connectivity index (χ1) is 9.74. The van der Waals surface area contributed by atoms with Crippen molar-refractivity contribution in [1.29, 1.82) is 0 Å². The number of hydrogen-bond donors (Lipinski definition) is 1. The second-order valence-corrected chi connectivity index (χ2v) is 5.62. The van der Waals surface area contributed by atoms with E-state index in [1.165, 1.54) is 23.1 Å². The minimum absolute atomic E-state index is 0.569. The first-order valence-electron chi connectivity index (χ1n) is 7.57. The molecule has 2 rings (SSSR count). The van der Waals surface area contributed by atoms with Crippen LogP contribution in [0.4, 0.5) is 0 Å². The van der Waals surface area contributed by atoms with Gasteiger partial charge in [-0.25, -0.2) is 0 Å². The highest BCUT2D eigenvalue weighted by Crippen LogP contribution is 2.06. The van der Waals surface area contributed by atoms with Gasteiger partial charge in [0.2, 0.25) is 0 Å². The minimum atomic E-state index is 0.569. The molecule has 2 aromatic rings. The fourth-order valence-electron chi connectivity index (χ4n) is 2.46. The maximum Gasteiger partial charge on any atom is 0.00420 e. The van der Waals surface area contributed by atoms with Crippen LogP contribution in [0.2, 0.25) is 0 Å². The smallest absolute Gasteiger partial charge is 0.00420 e. The predicted molar refractivity (Wildman–Crippen MR) is 87.1 cm³/mol. The van der Waals surface area contributed by atoms with Crippen molar-refractivity contribution >= 4 is 0 Å². The molecule has 0 aromatic heterocycles. The van der Waals surface area contributed by atoms with E-state index in [2.05, 4.69) is 73.8 Å². The Hall–Kier alpha value is -1.60. The molecule has 2 aromatic carbocycles. The van der Waals surface area contributed by atoms with Gasteiger partial charge in [-0.2, -0.15) is 0 Å². The Bertz CT molecular complexity index is 504. The van der Waals surface area contributed by atoms with Gasteiger partial charge in [-0.3, -0.25) is 0 Å². The van der Waals surface area contributed by atoms with E-state index < -0.39 is 0 Å². The monoisotopic (exact) mass is 267 g/mol. The number of benzene rings is 2. The molecule has 1 unspecified atom stereocenters. The van der Waals surface area contributed by atoms with Gasteiger partial charge >= 0.3 is 0 Å². The van der Waals surface area contributed by atoms with E-state index in [0.717, 1.165) is 19.4 Å². The molecule has 1 atom stereocenters. The lowest BCUT2D eigenvalue weighted by Crippen LogP contribution is -2.28. The van der Waals surface area contributed by atoms with E-state index in [0.29, 0.717) is 6.04 Å². The van der Waals surface area contributed by atoms with Gasteiger partial charge in [-0.05, 0) is 50.8 Å². The average molecular weight is 267 g/mol. The molecule has 0 bridgehead atoms. The SMILES string of the molecule is Cc1cccc(CCNC(C)CCc2ccccc2)c1. The van der Waals surface area contributed by atoms with Crippen LogP contribution in [-0.2, 0) is 12.8 Å². The van der Waals surface area contributed by atoms with Crippen LogP contribution in [-0.4, -0.2) is 12.6 Å². The summed E-state index contributed by atoms with van der Waals surface area (Å²) in [5.41, 5.74) is 4.20. The molecular formula is C19H25N. The second-order valence-electron chi connectivity index (χ2n) is 5.62. The number of hydrogen-bond acceptors (Lipinski definition) is 1. The summed E-state index contributed by atoms with van der Waals surface area (Å²) < 4.78 is 0. The van der Waals surface area contributed by atoms with Crippen LogP contribution in [0.5, 0.6) is 0 Å². The van der Waals surface area contributed by atoms with E-state index in [9.17, 15) is 0 Å². The molecule has 1 nitrogen and oxygen atoms in total. The summed E-state index contributed by atoms with van der Waals surface area (Å²) in [6.45, 7) is 5.48. The molecule has 0 saturated heterocycles. The number of rotatable bonds is 7. The minimum Gasteiger partial charge on any atom is -0.314 e. The van der Waals surface area contributed by atoms with E-state index >= 15 is 0 Å². The fraction of sp³-hybridized carbons (Fsp3) is 0.368. The Kier molecular flexibility index (Phi) is 5.82. The molecule has 0 saturated carbocycles. The lowest BCUT2D eigenvalue weighted by atomic mass is 10.1. The van der Waals surface area contributed by atoms with Crippen LogP contribution in [0.3, 0.4) is 0 Å². The van der Waals surface area contributed by atoms with Gasteiger partial charge in [-0.15, -0.1) is 0 Å². The summed E-state index contributed by atoms with van der Waals surface area (Å²) in [5.74, 6) is 0. The van der Waals surface area contributed by atoms with Crippen molar-refractivity contribution in [1.82, 2.24) is 5.32 Å². The van der Waals surface area contributed by atoms with Crippen LogP contribution in [0.25, 0.3) is 0 Å². The first kappa shape index (κ1) is 14.8. The Labute approximate surface area is 123 Å². The normalized spacial score (nSPS) is 12.3. The quantitative estimate of drug-likeness (QED) is 0.794. The van der Waals surface area contributed by atoms with Gasteiger partial charge in [0.25, 0.3) is 0 Å². The third-order valence-corrected chi connectivity index (χ3v) is 3.70. The van der Waals surface area contributed by atoms with Gasteiger partial charge in [0, 0.05) is 6.04 Å². The molecule has 0 aliphatic carbocycles. The van der Waals surface area contributed by atoms with E-state index in [-0.39, 0.29) is 0 Å². The number of nitrogens with one attached hydrogen (secondary N) is 1. The Morgan fingerprint density at radius 1 is 0.900 bits per heavy atom. The van der Waals surface area contributed by atoms with Gasteiger partial charge in [0.15, 0.2) is 0 Å². The molecule has 0 fully saturated rings. The van der Waals surface area contributed by atoms with Crippen LogP contribution >= 0.6 is 0 Å². The summed E-state index contributed by atoms with van der Waals surface area (Å²) in [6, 6.07) is 20.1. The topological polar surface area (TPSA) is 12.0 Å². The molecule has 0 spiro atoms. The molecule has 0 aliphatic rings. The Morgan fingerprint density at radius 3 is 2.40 bits per heavy atom. The number of aryl methyl sites for hydroxylation is 2. The summed E-state index contributed by atoms with van der Waals surface area (Å²) >= 11 is 0. The fourth-order valence-corrected chi connectivity index (χ4v) is 2.46. The maximum absolute atomic E-state index is 3.62. The van der Waals surface area contributed by atoms with Crippen molar-refractivity contribution in [3.8, 4) is 0 Å². The maximum atomic E-state index is 3.62. The standard InChI is InChI=1S/C19H25N/c1-16-7-6-10-19(15-16)13-14-20-17(2)11-12-18-8-4-3-5-9-18/h3-10,15,17,20H,11-14H2,1-2H3. The van der Waals surface area contributed by atoms with Gasteiger partial charge in [0.1, 0.15) is 0 Å². The van der Waals surface area contributed by atoms with Crippen LogP contribution < -0.4 is 5.32 Å². The zero-order valence-electron chi connectivity index (χ0n) is 12.6. The Morgan fingerprint density at radius 2 is 1.65 bits per heavy atom. The summed E-state index contributed by atoms with van der Waals surface area (Å²) in [6.07, 6.45) is 3.45. The van der Waals surface area contributed by atoms with Gasteiger partial charge in [-0.1, -0.05) is 60.2 Å². The molecule has 0 amide bonds. The second kappa shape index (κ2) is 7.86. The highest BCUT2D eigenvalue weighted by Gasteiger charge is 2.02. The molecular weight excluding hydrogens is 242 g/mol. The van der Waals surface area contributed by atoms with Crippen molar-refractivity contribution in [2.24, 2.45) is 0 Å². The molecule has 0 radical (unpaired) electrons. The van der Waals surface area contributed by atoms with Crippen LogP contribution in [0, 0.1) is 6.92 Å². The highest BCUT2D eigenvalue weighted by molar-refractivity contribution is 5.22. The third-order valence-electron chi connectivity index (χ3n) is 3.70. The molecule has 0 aliphatic heterocycles. The van der Waals surface area contributed by atoms with Crippen LogP contribution in [0.1, 0.15) is 30.0 Å². The lowest BCUT2D eigenvalue weighted by Gasteiger charge is -2.14. The van der Waals surface area contributed by atoms with Crippen molar-refractivity contribution in [2.45, 2.75) is 39.2 Å². The van der Waals surface area contributed by atoms with E-state index in [4.69, 9.17) is 0 Å². The average Bonchev–Trinajstić information content (AvgIpc) is 2.46. The molecule has 1 N–H and O–H groups in total. The largest absolute Gasteiger partial charge is 0.314 e.